The van der Waals surface area contributed by atoms with Crippen LogP contribution in [0.15, 0.2) is 36.5 Å². The van der Waals surface area contributed by atoms with Crippen LogP contribution in [0, 0.1) is 22.9 Å². The first-order valence-electron chi connectivity index (χ1n) is 6.56. The highest BCUT2D eigenvalue weighted by molar-refractivity contribution is 5.44. The monoisotopic (exact) mass is 289 g/mol. The quantitative estimate of drug-likeness (QED) is 0.677. The average molecular weight is 289 g/mol. The number of aromatic nitrogens is 1. The summed E-state index contributed by atoms with van der Waals surface area (Å²) in [5.74, 6) is -0.375. The SMILES string of the molecule is Cc1c(CNC(C)c2ccc(F)cn2)cccc1[N+](=O)[O-]. The summed E-state index contributed by atoms with van der Waals surface area (Å²) in [5, 5.41) is 14.1. The number of hydrogen-bond acceptors (Lipinski definition) is 4. The molecule has 1 aromatic heterocycles. The fourth-order valence-electron chi connectivity index (χ4n) is 2.07. The third-order valence-corrected chi connectivity index (χ3v) is 3.41. The van der Waals surface area contributed by atoms with Gasteiger partial charge in [-0.05, 0) is 31.5 Å². The predicted molar refractivity (Wildman–Crippen MR) is 77.3 cm³/mol. The van der Waals surface area contributed by atoms with Crippen LogP contribution in [0.2, 0.25) is 0 Å². The van der Waals surface area contributed by atoms with Crippen molar-refractivity contribution >= 4 is 5.69 Å². The van der Waals surface area contributed by atoms with Crippen molar-refractivity contribution in [2.24, 2.45) is 0 Å². The first-order valence-corrected chi connectivity index (χ1v) is 6.56. The number of nitrogens with one attached hydrogen (secondary N) is 1. The van der Waals surface area contributed by atoms with Crippen LogP contribution >= 0.6 is 0 Å². The molecule has 1 aromatic carbocycles. The van der Waals surface area contributed by atoms with E-state index < -0.39 is 0 Å². The molecule has 0 aliphatic heterocycles. The molecule has 0 aliphatic rings. The van der Waals surface area contributed by atoms with E-state index in [1.165, 1.54) is 18.3 Å². The summed E-state index contributed by atoms with van der Waals surface area (Å²) in [6.07, 6.45) is 1.17. The number of rotatable bonds is 5. The van der Waals surface area contributed by atoms with Gasteiger partial charge < -0.3 is 5.32 Å². The first-order chi connectivity index (χ1) is 9.99. The average Bonchev–Trinajstić information content (AvgIpc) is 2.46. The molecule has 0 bridgehead atoms. The molecule has 5 nitrogen and oxygen atoms in total. The maximum absolute atomic E-state index is 12.8. The Kier molecular flexibility index (Phi) is 4.59. The van der Waals surface area contributed by atoms with Crippen molar-refractivity contribution in [3.8, 4) is 0 Å². The smallest absolute Gasteiger partial charge is 0.272 e. The Morgan fingerprint density at radius 2 is 2.14 bits per heavy atom. The molecule has 0 amide bonds. The summed E-state index contributed by atoms with van der Waals surface area (Å²) in [6.45, 7) is 4.12. The van der Waals surface area contributed by atoms with Gasteiger partial charge in [-0.3, -0.25) is 15.1 Å². The molecule has 0 saturated heterocycles. The third-order valence-electron chi connectivity index (χ3n) is 3.41. The van der Waals surface area contributed by atoms with Crippen molar-refractivity contribution in [1.29, 1.82) is 0 Å². The molecule has 0 fully saturated rings. The summed E-state index contributed by atoms with van der Waals surface area (Å²) in [6, 6.07) is 7.91. The number of nitro benzene ring substituents is 1. The highest BCUT2D eigenvalue weighted by Crippen LogP contribution is 2.21. The molecule has 1 N–H and O–H groups in total. The Hall–Kier alpha value is -2.34. The van der Waals surface area contributed by atoms with E-state index in [-0.39, 0.29) is 22.5 Å². The highest BCUT2D eigenvalue weighted by Gasteiger charge is 2.14. The minimum absolute atomic E-state index is 0.0794. The van der Waals surface area contributed by atoms with Crippen molar-refractivity contribution in [3.05, 3.63) is 69.3 Å². The van der Waals surface area contributed by atoms with Gasteiger partial charge in [0.25, 0.3) is 5.69 Å². The molecule has 0 aliphatic carbocycles. The van der Waals surface area contributed by atoms with E-state index in [4.69, 9.17) is 0 Å². The van der Waals surface area contributed by atoms with E-state index in [0.29, 0.717) is 12.1 Å². The number of pyridine rings is 1. The van der Waals surface area contributed by atoms with Gasteiger partial charge in [0.2, 0.25) is 0 Å². The number of benzene rings is 1. The van der Waals surface area contributed by atoms with Crippen molar-refractivity contribution in [3.63, 3.8) is 0 Å². The minimum Gasteiger partial charge on any atom is -0.305 e. The van der Waals surface area contributed by atoms with E-state index in [0.717, 1.165) is 11.3 Å². The molecule has 21 heavy (non-hydrogen) atoms. The fourth-order valence-corrected chi connectivity index (χ4v) is 2.07. The van der Waals surface area contributed by atoms with Gasteiger partial charge in [-0.15, -0.1) is 0 Å². The van der Waals surface area contributed by atoms with Gasteiger partial charge in [0, 0.05) is 24.2 Å². The van der Waals surface area contributed by atoms with E-state index in [1.807, 2.05) is 13.0 Å². The Morgan fingerprint density at radius 3 is 2.76 bits per heavy atom. The molecule has 110 valence electrons. The second-order valence-electron chi connectivity index (χ2n) is 4.82. The summed E-state index contributed by atoms with van der Waals surface area (Å²) in [7, 11) is 0. The number of hydrogen-bond donors (Lipinski definition) is 1. The van der Waals surface area contributed by atoms with Crippen LogP contribution in [-0.4, -0.2) is 9.91 Å². The molecule has 0 saturated carbocycles. The van der Waals surface area contributed by atoms with Crippen LogP contribution < -0.4 is 5.32 Å². The Morgan fingerprint density at radius 1 is 1.38 bits per heavy atom. The summed E-state index contributed by atoms with van der Waals surface area (Å²) in [4.78, 5) is 14.5. The molecule has 2 aromatic rings. The molecular weight excluding hydrogens is 273 g/mol. The van der Waals surface area contributed by atoms with Crippen molar-refractivity contribution in [1.82, 2.24) is 10.3 Å². The summed E-state index contributed by atoms with van der Waals surface area (Å²) in [5.41, 5.74) is 2.34. The molecule has 0 spiro atoms. The number of halogens is 1. The summed E-state index contributed by atoms with van der Waals surface area (Å²) < 4.78 is 12.8. The topological polar surface area (TPSA) is 68.1 Å². The van der Waals surface area contributed by atoms with Crippen molar-refractivity contribution < 1.29 is 9.31 Å². The standard InChI is InChI=1S/C15H16FN3O2/c1-10-12(4-3-5-15(10)19(20)21)8-17-11(2)14-7-6-13(16)9-18-14/h3-7,9,11,17H,8H2,1-2H3. The van der Waals surface area contributed by atoms with Gasteiger partial charge in [-0.2, -0.15) is 0 Å². The normalized spacial score (nSPS) is 12.1. The molecule has 1 heterocycles. The number of nitro groups is 1. The van der Waals surface area contributed by atoms with E-state index in [2.05, 4.69) is 10.3 Å². The zero-order valence-electron chi connectivity index (χ0n) is 11.8. The highest BCUT2D eigenvalue weighted by atomic mass is 19.1. The molecule has 1 atom stereocenters. The second-order valence-corrected chi connectivity index (χ2v) is 4.82. The van der Waals surface area contributed by atoms with E-state index >= 15 is 0 Å². The van der Waals surface area contributed by atoms with Gasteiger partial charge in [-0.25, -0.2) is 4.39 Å². The zero-order chi connectivity index (χ0) is 15.4. The second kappa shape index (κ2) is 6.41. The Labute approximate surface area is 122 Å². The van der Waals surface area contributed by atoms with Gasteiger partial charge in [0.15, 0.2) is 0 Å². The number of nitrogens with zero attached hydrogens (tertiary/aromatic N) is 2. The van der Waals surface area contributed by atoms with Gasteiger partial charge in [-0.1, -0.05) is 12.1 Å². The van der Waals surface area contributed by atoms with Gasteiger partial charge >= 0.3 is 0 Å². The van der Waals surface area contributed by atoms with Gasteiger partial charge in [0.05, 0.1) is 16.8 Å². The zero-order valence-corrected chi connectivity index (χ0v) is 11.8. The van der Waals surface area contributed by atoms with Crippen LogP contribution in [0.1, 0.15) is 29.8 Å². The lowest BCUT2D eigenvalue weighted by molar-refractivity contribution is -0.385. The fraction of sp³-hybridized carbons (Fsp3) is 0.267. The predicted octanol–water partition coefficient (Wildman–Crippen LogP) is 3.29. The maximum atomic E-state index is 12.8. The lowest BCUT2D eigenvalue weighted by atomic mass is 10.1. The third kappa shape index (κ3) is 3.61. The molecule has 1 unspecified atom stereocenters. The van der Waals surface area contributed by atoms with Crippen LogP contribution in [0.4, 0.5) is 10.1 Å². The van der Waals surface area contributed by atoms with Crippen molar-refractivity contribution in [2.45, 2.75) is 26.4 Å². The van der Waals surface area contributed by atoms with Crippen LogP contribution in [-0.2, 0) is 6.54 Å². The lowest BCUT2D eigenvalue weighted by Crippen LogP contribution is -2.19. The molecule has 2 rings (SSSR count). The Balaban J connectivity index is 2.08. The van der Waals surface area contributed by atoms with Crippen LogP contribution in [0.3, 0.4) is 0 Å². The molecule has 0 radical (unpaired) electrons. The maximum Gasteiger partial charge on any atom is 0.272 e. The molecule has 6 heteroatoms. The van der Waals surface area contributed by atoms with Gasteiger partial charge in [0.1, 0.15) is 5.82 Å². The van der Waals surface area contributed by atoms with Crippen LogP contribution in [0.25, 0.3) is 0 Å². The van der Waals surface area contributed by atoms with Crippen molar-refractivity contribution in [2.75, 3.05) is 0 Å². The van der Waals surface area contributed by atoms with Crippen LogP contribution in [0.5, 0.6) is 0 Å². The minimum atomic E-state index is -0.385. The summed E-state index contributed by atoms with van der Waals surface area (Å²) >= 11 is 0. The van der Waals surface area contributed by atoms with E-state index in [9.17, 15) is 14.5 Å². The molecular formula is C15H16FN3O2. The van der Waals surface area contributed by atoms with E-state index in [1.54, 1.807) is 19.1 Å². The Bertz CT molecular complexity index is 644. The first kappa shape index (κ1) is 15.1. The lowest BCUT2D eigenvalue weighted by Gasteiger charge is -2.14. The largest absolute Gasteiger partial charge is 0.305 e.